The van der Waals surface area contributed by atoms with E-state index >= 15 is 0 Å². The van der Waals surface area contributed by atoms with Crippen LogP contribution in [0.5, 0.6) is 0 Å². The molecule has 0 atom stereocenters. The second-order valence-electron chi connectivity index (χ2n) is 4.54. The summed E-state index contributed by atoms with van der Waals surface area (Å²) in [5.41, 5.74) is 1.04. The van der Waals surface area contributed by atoms with Gasteiger partial charge in [0.15, 0.2) is 0 Å². The average Bonchev–Trinajstić information content (AvgIpc) is 2.96. The van der Waals surface area contributed by atoms with Crippen molar-refractivity contribution in [2.75, 3.05) is 25.1 Å². The Balaban J connectivity index is 1.92. The fraction of sp³-hybridized carbons (Fsp3) is 0.500. The third kappa shape index (κ3) is 4.61. The summed E-state index contributed by atoms with van der Waals surface area (Å²) < 4.78 is 8.63. The number of hydrogen-bond acceptors (Lipinski definition) is 4. The first-order valence-corrected chi connectivity index (χ1v) is 8.44. The van der Waals surface area contributed by atoms with E-state index in [1.165, 1.54) is 4.88 Å². The van der Waals surface area contributed by atoms with E-state index in [9.17, 15) is 0 Å². The molecule has 0 saturated heterocycles. The van der Waals surface area contributed by atoms with Gasteiger partial charge in [-0.25, -0.2) is 4.98 Å². The third-order valence-corrected chi connectivity index (χ3v) is 4.48. The highest BCUT2D eigenvalue weighted by molar-refractivity contribution is 9.10. The van der Waals surface area contributed by atoms with Crippen molar-refractivity contribution in [2.45, 2.75) is 26.8 Å². The minimum Gasteiger partial charge on any atom is -0.382 e. The zero-order chi connectivity index (χ0) is 14.4. The summed E-state index contributed by atoms with van der Waals surface area (Å²) in [6, 6.07) is 2.15. The highest BCUT2D eigenvalue weighted by Gasteiger charge is 2.07. The number of hydrogen-bond donors (Lipinski definition) is 1. The second kappa shape index (κ2) is 7.81. The number of nitrogens with one attached hydrogen (secondary N) is 1. The van der Waals surface area contributed by atoms with Gasteiger partial charge < -0.3 is 14.6 Å². The lowest BCUT2D eigenvalue weighted by molar-refractivity contribution is 0.147. The third-order valence-electron chi connectivity index (χ3n) is 2.80. The van der Waals surface area contributed by atoms with Crippen LogP contribution in [0.25, 0.3) is 0 Å². The van der Waals surface area contributed by atoms with E-state index in [2.05, 4.69) is 48.4 Å². The fourth-order valence-electron chi connectivity index (χ4n) is 1.93. The first-order chi connectivity index (χ1) is 9.69. The highest BCUT2D eigenvalue weighted by atomic mass is 79.9. The minimum atomic E-state index is 0.779. The molecule has 0 fully saturated rings. The molecule has 2 aromatic rings. The Labute approximate surface area is 132 Å². The van der Waals surface area contributed by atoms with Crippen LogP contribution in [0.3, 0.4) is 0 Å². The first-order valence-electron chi connectivity index (χ1n) is 6.77. The second-order valence-corrected chi connectivity index (χ2v) is 6.45. The van der Waals surface area contributed by atoms with Gasteiger partial charge >= 0.3 is 0 Å². The summed E-state index contributed by atoms with van der Waals surface area (Å²) in [7, 11) is 0. The van der Waals surface area contributed by atoms with Crippen LogP contribution in [0.4, 0.5) is 5.95 Å². The number of aromatic nitrogens is 2. The molecule has 6 heteroatoms. The number of imidazole rings is 1. The first kappa shape index (κ1) is 15.5. The minimum absolute atomic E-state index is 0.779. The molecule has 20 heavy (non-hydrogen) atoms. The molecule has 2 aromatic heterocycles. The van der Waals surface area contributed by atoms with E-state index in [1.54, 1.807) is 11.3 Å². The summed E-state index contributed by atoms with van der Waals surface area (Å²) in [6.07, 6.45) is 3.07. The lowest BCUT2D eigenvalue weighted by atomic mass is 10.4. The van der Waals surface area contributed by atoms with Crippen LogP contribution in [-0.4, -0.2) is 29.3 Å². The van der Waals surface area contributed by atoms with Crippen molar-refractivity contribution in [1.29, 1.82) is 0 Å². The molecular formula is C14H20BrN3OS. The van der Waals surface area contributed by atoms with E-state index in [-0.39, 0.29) is 0 Å². The van der Waals surface area contributed by atoms with Crippen molar-refractivity contribution < 1.29 is 4.74 Å². The number of aryl methyl sites for hydroxylation is 1. The predicted molar refractivity (Wildman–Crippen MR) is 87.7 cm³/mol. The van der Waals surface area contributed by atoms with Gasteiger partial charge in [-0.15, -0.1) is 11.3 Å². The van der Waals surface area contributed by atoms with Crippen molar-refractivity contribution in [2.24, 2.45) is 0 Å². The number of halogens is 1. The molecule has 4 nitrogen and oxygen atoms in total. The van der Waals surface area contributed by atoms with E-state index < -0.39 is 0 Å². The van der Waals surface area contributed by atoms with Gasteiger partial charge in [-0.3, -0.25) is 0 Å². The molecule has 110 valence electrons. The van der Waals surface area contributed by atoms with Gasteiger partial charge in [0.05, 0.1) is 12.2 Å². The van der Waals surface area contributed by atoms with E-state index in [0.717, 1.165) is 48.8 Å². The van der Waals surface area contributed by atoms with Crippen molar-refractivity contribution >= 4 is 33.2 Å². The molecule has 0 aliphatic heterocycles. The molecular weight excluding hydrogens is 338 g/mol. The normalized spacial score (nSPS) is 10.9. The molecule has 1 N–H and O–H groups in total. The van der Waals surface area contributed by atoms with Crippen LogP contribution in [0.2, 0.25) is 0 Å². The average molecular weight is 358 g/mol. The summed E-state index contributed by atoms with van der Waals surface area (Å²) in [4.78, 5) is 5.85. The monoisotopic (exact) mass is 357 g/mol. The van der Waals surface area contributed by atoms with Crippen LogP contribution < -0.4 is 5.32 Å². The van der Waals surface area contributed by atoms with Gasteiger partial charge in [0.25, 0.3) is 0 Å². The zero-order valence-corrected chi connectivity index (χ0v) is 14.3. The Hall–Kier alpha value is -0.850. The summed E-state index contributed by atoms with van der Waals surface area (Å²) in [6.45, 7) is 7.34. The van der Waals surface area contributed by atoms with Crippen LogP contribution in [0, 0.1) is 6.92 Å². The number of thiophene rings is 1. The Morgan fingerprint density at radius 1 is 1.50 bits per heavy atom. The SMILES string of the molecule is CCOCCCNc1nc(C)cn1Cc1cc(Br)cs1. The lowest BCUT2D eigenvalue weighted by Crippen LogP contribution is -2.10. The summed E-state index contributed by atoms with van der Waals surface area (Å²) in [5, 5.41) is 5.49. The van der Waals surface area contributed by atoms with Crippen LogP contribution in [-0.2, 0) is 11.3 Å². The van der Waals surface area contributed by atoms with Gasteiger partial charge in [0.1, 0.15) is 0 Å². The molecule has 2 rings (SSSR count). The summed E-state index contributed by atoms with van der Waals surface area (Å²) in [5.74, 6) is 0.934. The molecule has 0 amide bonds. The maximum absolute atomic E-state index is 5.33. The number of nitrogens with zero attached hydrogens (tertiary/aromatic N) is 2. The molecule has 0 aliphatic carbocycles. The maximum Gasteiger partial charge on any atom is 0.203 e. The molecule has 0 radical (unpaired) electrons. The van der Waals surface area contributed by atoms with E-state index in [4.69, 9.17) is 4.74 Å². The van der Waals surface area contributed by atoms with Crippen LogP contribution in [0.1, 0.15) is 23.9 Å². The van der Waals surface area contributed by atoms with Crippen molar-refractivity contribution in [3.05, 3.63) is 32.7 Å². The van der Waals surface area contributed by atoms with Gasteiger partial charge in [0.2, 0.25) is 5.95 Å². The quantitative estimate of drug-likeness (QED) is 0.728. The number of ether oxygens (including phenoxy) is 1. The van der Waals surface area contributed by atoms with Gasteiger partial charge in [0, 0.05) is 40.7 Å². The maximum atomic E-state index is 5.33. The Morgan fingerprint density at radius 2 is 2.35 bits per heavy atom. The van der Waals surface area contributed by atoms with Crippen molar-refractivity contribution in [3.63, 3.8) is 0 Å². The smallest absolute Gasteiger partial charge is 0.203 e. The lowest BCUT2D eigenvalue weighted by Gasteiger charge is -2.08. The van der Waals surface area contributed by atoms with Gasteiger partial charge in [-0.2, -0.15) is 0 Å². The molecule has 0 saturated carbocycles. The van der Waals surface area contributed by atoms with Crippen LogP contribution >= 0.6 is 27.3 Å². The van der Waals surface area contributed by atoms with Gasteiger partial charge in [-0.05, 0) is 42.3 Å². The molecule has 0 bridgehead atoms. The molecule has 0 aliphatic rings. The van der Waals surface area contributed by atoms with E-state index in [1.807, 2.05) is 13.8 Å². The Morgan fingerprint density at radius 3 is 3.05 bits per heavy atom. The van der Waals surface area contributed by atoms with E-state index in [0.29, 0.717) is 0 Å². The number of rotatable bonds is 8. The number of anilines is 1. The zero-order valence-electron chi connectivity index (χ0n) is 11.9. The topological polar surface area (TPSA) is 39.1 Å². The standard InChI is InChI=1S/C14H20BrN3OS/c1-3-19-6-4-5-16-14-17-11(2)8-18(14)9-13-7-12(15)10-20-13/h7-8,10H,3-6,9H2,1-2H3,(H,16,17). The van der Waals surface area contributed by atoms with Crippen molar-refractivity contribution in [3.8, 4) is 0 Å². The van der Waals surface area contributed by atoms with Gasteiger partial charge in [-0.1, -0.05) is 0 Å². The molecule has 2 heterocycles. The summed E-state index contributed by atoms with van der Waals surface area (Å²) >= 11 is 5.25. The Bertz CT molecular complexity index is 538. The molecule has 0 spiro atoms. The highest BCUT2D eigenvalue weighted by Crippen LogP contribution is 2.22. The van der Waals surface area contributed by atoms with Crippen molar-refractivity contribution in [1.82, 2.24) is 9.55 Å². The largest absolute Gasteiger partial charge is 0.382 e. The molecule has 0 aromatic carbocycles. The predicted octanol–water partition coefficient (Wildman–Crippen LogP) is 3.90. The fourth-order valence-corrected chi connectivity index (χ4v) is 3.38. The van der Waals surface area contributed by atoms with Crippen LogP contribution in [0.15, 0.2) is 22.1 Å². The molecule has 0 unspecified atom stereocenters. The Kier molecular flexibility index (Phi) is 6.06.